The third-order valence-electron chi connectivity index (χ3n) is 5.78. The largest absolute Gasteiger partial charge is 0.465 e. The van der Waals surface area contributed by atoms with Crippen LogP contribution in [0.1, 0.15) is 54.4 Å². The minimum Gasteiger partial charge on any atom is -0.465 e. The molecular formula is C22H23F3N4O3. The monoisotopic (exact) mass is 448 g/mol. The molecule has 1 aliphatic carbocycles. The van der Waals surface area contributed by atoms with E-state index in [-0.39, 0.29) is 28.3 Å². The van der Waals surface area contributed by atoms with Gasteiger partial charge in [-0.3, -0.25) is 4.68 Å². The van der Waals surface area contributed by atoms with Crippen molar-refractivity contribution in [1.82, 2.24) is 19.9 Å². The normalized spacial score (nSPS) is 15.5. The molecule has 170 valence electrons. The van der Waals surface area contributed by atoms with Crippen molar-refractivity contribution in [3.05, 3.63) is 40.6 Å². The van der Waals surface area contributed by atoms with Crippen molar-refractivity contribution in [1.29, 1.82) is 0 Å². The van der Waals surface area contributed by atoms with Gasteiger partial charge in [0.1, 0.15) is 0 Å². The lowest BCUT2D eigenvalue weighted by molar-refractivity contribution is -0.137. The number of ether oxygens (including phenoxy) is 1. The van der Waals surface area contributed by atoms with E-state index in [9.17, 15) is 18.0 Å². The number of carbonyl (C=O) groups is 1. The molecule has 0 fully saturated rings. The van der Waals surface area contributed by atoms with Crippen LogP contribution in [-0.2, 0) is 30.3 Å². The molecule has 0 amide bonds. The number of benzene rings is 1. The van der Waals surface area contributed by atoms with Gasteiger partial charge in [0.25, 0.3) is 5.89 Å². The number of aromatic nitrogens is 4. The maximum atomic E-state index is 13.7. The van der Waals surface area contributed by atoms with Gasteiger partial charge in [0.15, 0.2) is 5.69 Å². The Balaban J connectivity index is 1.78. The predicted octanol–water partition coefficient (Wildman–Crippen LogP) is 4.94. The summed E-state index contributed by atoms with van der Waals surface area (Å²) in [5.74, 6) is -1.01. The van der Waals surface area contributed by atoms with E-state index in [1.54, 1.807) is 0 Å². The molecular weight excluding hydrogens is 425 g/mol. The van der Waals surface area contributed by atoms with Crippen LogP contribution in [0.3, 0.4) is 0 Å². The molecule has 0 radical (unpaired) electrons. The van der Waals surface area contributed by atoms with E-state index in [4.69, 9.17) is 4.52 Å². The summed E-state index contributed by atoms with van der Waals surface area (Å²) in [5.41, 5.74) is 1.19. The van der Waals surface area contributed by atoms with Crippen LogP contribution in [0.2, 0.25) is 0 Å². The molecule has 0 unspecified atom stereocenters. The quantitative estimate of drug-likeness (QED) is 0.526. The van der Waals surface area contributed by atoms with Crippen molar-refractivity contribution in [3.8, 4) is 23.0 Å². The summed E-state index contributed by atoms with van der Waals surface area (Å²) < 4.78 is 52.9. The lowest BCUT2D eigenvalue weighted by atomic mass is 9.76. The van der Waals surface area contributed by atoms with Gasteiger partial charge in [-0.05, 0) is 49.8 Å². The van der Waals surface area contributed by atoms with Gasteiger partial charge in [-0.1, -0.05) is 19.0 Å². The molecule has 2 aromatic heterocycles. The second-order valence-electron chi connectivity index (χ2n) is 8.60. The fourth-order valence-electron chi connectivity index (χ4n) is 4.08. The molecule has 1 aliphatic rings. The second-order valence-corrected chi connectivity index (χ2v) is 8.60. The lowest BCUT2D eigenvalue weighted by Crippen LogP contribution is -2.24. The molecule has 4 rings (SSSR count). The lowest BCUT2D eigenvalue weighted by Gasteiger charge is -2.30. The minimum atomic E-state index is -4.73. The van der Waals surface area contributed by atoms with E-state index in [1.165, 1.54) is 6.07 Å². The van der Waals surface area contributed by atoms with Crippen molar-refractivity contribution in [2.45, 2.75) is 52.8 Å². The van der Waals surface area contributed by atoms with Crippen molar-refractivity contribution in [3.63, 3.8) is 0 Å². The Morgan fingerprint density at radius 1 is 1.31 bits per heavy atom. The van der Waals surface area contributed by atoms with Crippen LogP contribution in [-0.4, -0.2) is 33.0 Å². The maximum absolute atomic E-state index is 13.7. The Morgan fingerprint density at radius 3 is 2.72 bits per heavy atom. The zero-order valence-electron chi connectivity index (χ0n) is 18.2. The van der Waals surface area contributed by atoms with Crippen LogP contribution in [0.5, 0.6) is 0 Å². The van der Waals surface area contributed by atoms with Crippen molar-refractivity contribution >= 4 is 5.97 Å². The number of aryl methyl sites for hydroxylation is 1. The summed E-state index contributed by atoms with van der Waals surface area (Å²) in [7, 11) is 1.10. The molecule has 0 spiro atoms. The number of carbonyl (C=O) groups excluding carboxylic acids is 1. The minimum absolute atomic E-state index is 0.0772. The van der Waals surface area contributed by atoms with Gasteiger partial charge >= 0.3 is 12.1 Å². The highest BCUT2D eigenvalue weighted by Gasteiger charge is 2.37. The van der Waals surface area contributed by atoms with Crippen LogP contribution >= 0.6 is 0 Å². The molecule has 32 heavy (non-hydrogen) atoms. The highest BCUT2D eigenvalue weighted by atomic mass is 19.4. The SMILES string of the molecule is CCn1nc(-c2nc(-c3ccc(C(=O)OC)cc3C(F)(F)F)no2)c2c1CC(C)(C)CC2. The number of hydrogen-bond acceptors (Lipinski definition) is 6. The summed E-state index contributed by atoms with van der Waals surface area (Å²) in [6.45, 7) is 7.04. The van der Waals surface area contributed by atoms with E-state index in [2.05, 4.69) is 33.8 Å². The zero-order valence-corrected chi connectivity index (χ0v) is 18.2. The Morgan fingerprint density at radius 2 is 2.06 bits per heavy atom. The number of nitrogens with zero attached hydrogens (tertiary/aromatic N) is 4. The van der Waals surface area contributed by atoms with Crippen LogP contribution in [0.4, 0.5) is 13.2 Å². The maximum Gasteiger partial charge on any atom is 0.417 e. The average molecular weight is 448 g/mol. The van der Waals surface area contributed by atoms with E-state index in [0.717, 1.165) is 49.8 Å². The first-order valence-corrected chi connectivity index (χ1v) is 10.3. The standard InChI is InChI=1S/C22H23F3N4O3/c1-5-29-16-11-21(2,3)9-8-14(16)17(27-29)19-26-18(28-32-19)13-7-6-12(20(30)31-4)10-15(13)22(23,24)25/h6-7,10H,5,8-9,11H2,1-4H3. The zero-order chi connectivity index (χ0) is 23.3. The van der Waals surface area contributed by atoms with Crippen LogP contribution < -0.4 is 0 Å². The Kier molecular flexibility index (Phi) is 5.34. The summed E-state index contributed by atoms with van der Waals surface area (Å²) in [6.07, 6.45) is -2.15. The van der Waals surface area contributed by atoms with Gasteiger partial charge in [0, 0.05) is 23.4 Å². The first-order chi connectivity index (χ1) is 15.0. The Hall–Kier alpha value is -3.17. The molecule has 0 saturated carbocycles. The molecule has 1 aromatic carbocycles. The predicted molar refractivity (Wildman–Crippen MR) is 109 cm³/mol. The first kappa shape index (κ1) is 22.0. The summed E-state index contributed by atoms with van der Waals surface area (Å²) in [6, 6.07) is 3.11. The molecule has 0 aliphatic heterocycles. The topological polar surface area (TPSA) is 83.0 Å². The Labute approximate surface area is 182 Å². The fourth-order valence-corrected chi connectivity index (χ4v) is 4.08. The van der Waals surface area contributed by atoms with E-state index in [0.29, 0.717) is 12.2 Å². The van der Waals surface area contributed by atoms with Gasteiger partial charge in [-0.25, -0.2) is 4.79 Å². The highest BCUT2D eigenvalue weighted by Crippen LogP contribution is 2.40. The number of fused-ring (bicyclic) bond motifs is 1. The van der Waals surface area contributed by atoms with Crippen molar-refractivity contribution in [2.75, 3.05) is 7.11 Å². The summed E-state index contributed by atoms with van der Waals surface area (Å²) >= 11 is 0. The van der Waals surface area contributed by atoms with Gasteiger partial charge in [0.05, 0.1) is 18.2 Å². The fraction of sp³-hybridized carbons (Fsp3) is 0.455. The molecule has 0 atom stereocenters. The number of alkyl halides is 3. The summed E-state index contributed by atoms with van der Waals surface area (Å²) in [5, 5.41) is 8.40. The van der Waals surface area contributed by atoms with Gasteiger partial charge in [0.2, 0.25) is 5.82 Å². The average Bonchev–Trinajstić information content (AvgIpc) is 3.35. The number of halogens is 3. The van der Waals surface area contributed by atoms with Crippen LogP contribution in [0.25, 0.3) is 23.0 Å². The molecule has 0 saturated heterocycles. The summed E-state index contributed by atoms with van der Waals surface area (Å²) in [4.78, 5) is 15.9. The van der Waals surface area contributed by atoms with E-state index >= 15 is 0 Å². The number of rotatable bonds is 4. The molecule has 2 heterocycles. The van der Waals surface area contributed by atoms with Crippen LogP contribution in [0.15, 0.2) is 22.7 Å². The first-order valence-electron chi connectivity index (χ1n) is 10.3. The second kappa shape index (κ2) is 7.75. The van der Waals surface area contributed by atoms with Crippen molar-refractivity contribution < 1.29 is 27.2 Å². The third-order valence-corrected chi connectivity index (χ3v) is 5.78. The van der Waals surface area contributed by atoms with Gasteiger partial charge in [-0.15, -0.1) is 0 Å². The van der Waals surface area contributed by atoms with Crippen LogP contribution in [0, 0.1) is 5.41 Å². The molecule has 7 nitrogen and oxygen atoms in total. The highest BCUT2D eigenvalue weighted by molar-refractivity contribution is 5.90. The number of methoxy groups -OCH3 is 1. The molecule has 10 heteroatoms. The van der Waals surface area contributed by atoms with E-state index in [1.807, 2.05) is 11.6 Å². The van der Waals surface area contributed by atoms with Gasteiger partial charge < -0.3 is 9.26 Å². The Bertz CT molecular complexity index is 1180. The van der Waals surface area contributed by atoms with Crippen molar-refractivity contribution in [2.24, 2.45) is 5.41 Å². The number of esters is 1. The molecule has 0 bridgehead atoms. The number of hydrogen-bond donors (Lipinski definition) is 0. The van der Waals surface area contributed by atoms with Gasteiger partial charge in [-0.2, -0.15) is 23.3 Å². The molecule has 3 aromatic rings. The smallest absolute Gasteiger partial charge is 0.417 e. The molecule has 0 N–H and O–H groups in total. The van der Waals surface area contributed by atoms with E-state index < -0.39 is 17.7 Å². The third kappa shape index (κ3) is 3.89.